The summed E-state index contributed by atoms with van der Waals surface area (Å²) in [6.07, 6.45) is 1.16. The molecule has 200 valence electrons. The molecule has 1 aromatic carbocycles. The molecule has 0 amide bonds. The highest BCUT2D eigenvalue weighted by atomic mass is 127. The first-order valence-electron chi connectivity index (χ1n) is 12.7. The summed E-state index contributed by atoms with van der Waals surface area (Å²) in [5.74, 6) is 0. The van der Waals surface area contributed by atoms with Gasteiger partial charge in [0.1, 0.15) is 6.61 Å². The van der Waals surface area contributed by atoms with Gasteiger partial charge in [-0.2, -0.15) is 0 Å². The van der Waals surface area contributed by atoms with E-state index in [4.69, 9.17) is 9.47 Å². The quantitative estimate of drug-likeness (QED) is 0.216. The number of nitrogens with zero attached hydrogens (tertiary/aromatic N) is 2. The number of hydrogen-bond donors (Lipinski definition) is 2. The van der Waals surface area contributed by atoms with Crippen LogP contribution in [0.25, 0.3) is 5.57 Å². The summed E-state index contributed by atoms with van der Waals surface area (Å²) in [5.41, 5.74) is 6.88. The Balaban J connectivity index is 2.11. The van der Waals surface area contributed by atoms with E-state index in [0.29, 0.717) is 35.6 Å². The van der Waals surface area contributed by atoms with Crippen LogP contribution in [0.3, 0.4) is 0 Å². The van der Waals surface area contributed by atoms with E-state index >= 15 is 8.63 Å². The Morgan fingerprint density at radius 3 is 2.16 bits per heavy atom. The van der Waals surface area contributed by atoms with E-state index in [-0.39, 0.29) is 39.6 Å². The first kappa shape index (κ1) is 28.2. The Bertz CT molecular complexity index is 1280. The molecule has 0 spiro atoms. The van der Waals surface area contributed by atoms with Crippen molar-refractivity contribution < 1.29 is 32.8 Å². The molecule has 3 heterocycles. The standard InChI is InChI=1S/C27H34BF2IN2O4/c1-5-21-17(3)26-25(19-7-9-20(31)10-8-19)27-18(4)22(6-2)24(16-37-14-12-35)33(27)28(29,30)32(26)23(21)15-36-13-11-34/h7-10,34-35H,5-6,11-16H2,1-4H3. The lowest BCUT2D eigenvalue weighted by Crippen LogP contribution is -2.52. The lowest BCUT2D eigenvalue weighted by atomic mass is 9.83. The van der Waals surface area contributed by atoms with E-state index in [1.165, 1.54) is 8.96 Å². The molecule has 0 radical (unpaired) electrons. The van der Waals surface area contributed by atoms with Gasteiger partial charge in [-0.3, -0.25) is 0 Å². The third kappa shape index (κ3) is 4.75. The zero-order valence-electron chi connectivity index (χ0n) is 21.8. The van der Waals surface area contributed by atoms with Crippen molar-refractivity contribution >= 4 is 40.8 Å². The predicted octanol–water partition coefficient (Wildman–Crippen LogP) is 4.67. The molecule has 6 nitrogen and oxygen atoms in total. The Labute approximate surface area is 230 Å². The van der Waals surface area contributed by atoms with Crippen LogP contribution in [0.4, 0.5) is 8.63 Å². The Morgan fingerprint density at radius 2 is 1.59 bits per heavy atom. The van der Waals surface area contributed by atoms with Crippen molar-refractivity contribution in [3.63, 3.8) is 0 Å². The maximum atomic E-state index is 16.9. The second-order valence-corrected chi connectivity index (χ2v) is 10.5. The molecule has 37 heavy (non-hydrogen) atoms. The summed E-state index contributed by atoms with van der Waals surface area (Å²) in [5, 5.41) is 18.5. The lowest BCUT2D eigenvalue weighted by Gasteiger charge is -2.34. The largest absolute Gasteiger partial charge is 0.737 e. The average molecular weight is 626 g/mol. The van der Waals surface area contributed by atoms with Gasteiger partial charge >= 0.3 is 6.97 Å². The van der Waals surface area contributed by atoms with Gasteiger partial charge in [-0.15, -0.1) is 0 Å². The van der Waals surface area contributed by atoms with Gasteiger partial charge in [-0.25, -0.2) is 0 Å². The lowest BCUT2D eigenvalue weighted by molar-refractivity contribution is -0.365. The third-order valence-corrected chi connectivity index (χ3v) is 7.98. The molecule has 0 saturated heterocycles. The SMILES string of the molecule is CCC1=C(C)C2=C(c3ccc(I)cc3)c3c(C)c(CC)c(COCCO)n3[B-](F)(F)[N+]2=C1COCCO. The van der Waals surface area contributed by atoms with Gasteiger partial charge in [0.05, 0.1) is 38.6 Å². The zero-order chi connectivity index (χ0) is 26.9. The molecule has 0 unspecified atom stereocenters. The van der Waals surface area contributed by atoms with Crippen molar-refractivity contribution in [3.8, 4) is 0 Å². The fourth-order valence-electron chi connectivity index (χ4n) is 5.78. The highest BCUT2D eigenvalue weighted by Gasteiger charge is 2.57. The molecular weight excluding hydrogens is 592 g/mol. The second-order valence-electron chi connectivity index (χ2n) is 9.27. The Morgan fingerprint density at radius 1 is 0.973 bits per heavy atom. The minimum absolute atomic E-state index is 0.0194. The monoisotopic (exact) mass is 626 g/mol. The number of hydrogen-bond acceptors (Lipinski definition) is 4. The van der Waals surface area contributed by atoms with Crippen molar-refractivity contribution in [1.29, 1.82) is 0 Å². The molecule has 2 aliphatic heterocycles. The number of rotatable bonds is 11. The summed E-state index contributed by atoms with van der Waals surface area (Å²) in [6.45, 7) is 3.22. The van der Waals surface area contributed by atoms with E-state index in [1.54, 1.807) is 0 Å². The van der Waals surface area contributed by atoms with Crippen molar-refractivity contribution in [2.75, 3.05) is 33.0 Å². The maximum Gasteiger partial charge on any atom is 0.737 e. The number of aliphatic hydroxyl groups is 2. The van der Waals surface area contributed by atoms with Crippen molar-refractivity contribution in [3.05, 3.63) is 72.8 Å². The third-order valence-electron chi connectivity index (χ3n) is 7.26. The van der Waals surface area contributed by atoms with Gasteiger partial charge in [-0.1, -0.05) is 26.0 Å². The van der Waals surface area contributed by atoms with Crippen LogP contribution in [-0.2, 0) is 22.5 Å². The first-order valence-corrected chi connectivity index (χ1v) is 13.8. The van der Waals surface area contributed by atoms with Crippen LogP contribution >= 0.6 is 22.6 Å². The van der Waals surface area contributed by atoms with Gasteiger partial charge in [0.15, 0.2) is 11.4 Å². The number of benzene rings is 1. The minimum Gasteiger partial charge on any atom is -0.394 e. The topological polar surface area (TPSA) is 66.9 Å². The zero-order valence-corrected chi connectivity index (χ0v) is 23.9. The van der Waals surface area contributed by atoms with E-state index in [2.05, 4.69) is 22.6 Å². The molecule has 0 bridgehead atoms. The number of aromatic nitrogens is 1. The summed E-state index contributed by atoms with van der Waals surface area (Å²) in [7, 11) is 0. The number of aliphatic hydroxyl groups excluding tert-OH is 2. The fourth-order valence-corrected chi connectivity index (χ4v) is 6.14. The molecule has 0 atom stereocenters. The van der Waals surface area contributed by atoms with Gasteiger partial charge in [0.2, 0.25) is 0 Å². The van der Waals surface area contributed by atoms with E-state index < -0.39 is 6.97 Å². The number of fused-ring (bicyclic) bond motifs is 2. The van der Waals surface area contributed by atoms with Crippen LogP contribution in [0.2, 0.25) is 0 Å². The molecule has 0 aliphatic carbocycles. The normalized spacial score (nSPS) is 16.7. The summed E-state index contributed by atoms with van der Waals surface area (Å²) in [4.78, 5) is 0. The van der Waals surface area contributed by atoms with E-state index in [9.17, 15) is 10.2 Å². The van der Waals surface area contributed by atoms with Gasteiger partial charge in [0.25, 0.3) is 0 Å². The van der Waals surface area contributed by atoms with Crippen LogP contribution in [0.5, 0.6) is 0 Å². The number of ether oxygens (including phenoxy) is 2. The highest BCUT2D eigenvalue weighted by Crippen LogP contribution is 2.47. The smallest absolute Gasteiger partial charge is 0.394 e. The molecule has 2 aromatic rings. The van der Waals surface area contributed by atoms with Gasteiger partial charge in [0, 0.05) is 26.1 Å². The Kier molecular flexibility index (Phi) is 8.74. The van der Waals surface area contributed by atoms with E-state index in [0.717, 1.165) is 37.0 Å². The molecule has 0 fully saturated rings. The molecular formula is C27H34BF2IN2O4. The van der Waals surface area contributed by atoms with Crippen molar-refractivity contribution in [2.24, 2.45) is 0 Å². The fraction of sp³-hybridized carbons (Fsp3) is 0.444. The van der Waals surface area contributed by atoms with Crippen LogP contribution in [0.1, 0.15) is 55.3 Å². The van der Waals surface area contributed by atoms with E-state index in [1.807, 2.05) is 52.0 Å². The van der Waals surface area contributed by atoms with Gasteiger partial charge < -0.3 is 37.3 Å². The van der Waals surface area contributed by atoms with Crippen LogP contribution in [-0.4, -0.2) is 64.9 Å². The molecule has 4 rings (SSSR count). The number of allylic oxidation sites excluding steroid dienone is 1. The van der Waals surface area contributed by atoms with Crippen LogP contribution in [0, 0.1) is 10.5 Å². The summed E-state index contributed by atoms with van der Waals surface area (Å²) >= 11 is 2.24. The van der Waals surface area contributed by atoms with Gasteiger partial charge in [-0.05, 0) is 78.1 Å². The number of halogens is 3. The van der Waals surface area contributed by atoms with Crippen LogP contribution in [0.15, 0.2) is 41.1 Å². The summed E-state index contributed by atoms with van der Waals surface area (Å²) in [6, 6.07) is 7.96. The van der Waals surface area contributed by atoms with Crippen molar-refractivity contribution in [2.45, 2.75) is 47.1 Å². The molecule has 2 N–H and O–H groups in total. The summed E-state index contributed by atoms with van der Waals surface area (Å²) < 4.78 is 48.5. The first-order chi connectivity index (χ1) is 17.7. The minimum atomic E-state index is -4.29. The molecule has 2 aliphatic rings. The molecule has 0 saturated carbocycles. The maximum absolute atomic E-state index is 16.9. The molecule has 1 aromatic heterocycles. The molecule has 10 heteroatoms. The second kappa shape index (κ2) is 11.5. The highest BCUT2D eigenvalue weighted by molar-refractivity contribution is 14.1. The predicted molar refractivity (Wildman–Crippen MR) is 150 cm³/mol. The van der Waals surface area contributed by atoms with Crippen molar-refractivity contribution in [1.82, 2.24) is 4.48 Å². The van der Waals surface area contributed by atoms with Crippen LogP contribution < -0.4 is 0 Å². The average Bonchev–Trinajstić information content (AvgIpc) is 3.32. The Hall–Kier alpha value is -1.86.